The van der Waals surface area contributed by atoms with Crippen LogP contribution < -0.4 is 59.3 Å². The Balaban J connectivity index is 3.61. The number of carbonyl (C=O) groups excluding carboxylic acids is 12. The summed E-state index contributed by atoms with van der Waals surface area (Å²) < 4.78 is 0. The number of primary amides is 1. The molecule has 1 fully saturated rings. The minimum Gasteiger partial charge on any atom is -0.480 e. The van der Waals surface area contributed by atoms with Gasteiger partial charge in [-0.3, -0.25) is 57.5 Å². The third-order valence-electron chi connectivity index (χ3n) is 17.1. The number of nitrogens with two attached hydrogens (primary N) is 2. The van der Waals surface area contributed by atoms with Gasteiger partial charge in [0, 0.05) is 38.9 Å². The van der Waals surface area contributed by atoms with Gasteiger partial charge in [0.05, 0.1) is 37.1 Å². The molecule has 4 unspecified atom stereocenters. The minimum absolute atomic E-state index is 0.0638. The van der Waals surface area contributed by atoms with Gasteiger partial charge in [-0.05, 0) is 69.6 Å². The summed E-state index contributed by atoms with van der Waals surface area (Å²) in [6.07, 6.45) is -7.35. The van der Waals surface area contributed by atoms with Crippen LogP contribution in [-0.2, 0) is 62.3 Å². The van der Waals surface area contributed by atoms with Gasteiger partial charge in [-0.15, -0.1) is 0 Å². The van der Waals surface area contributed by atoms with E-state index in [1.807, 2.05) is 0 Å². The van der Waals surface area contributed by atoms with Crippen molar-refractivity contribution in [2.45, 2.75) is 277 Å². The maximum Gasteiger partial charge on any atom is 0.328 e. The van der Waals surface area contributed by atoms with E-state index in [9.17, 15) is 103 Å². The van der Waals surface area contributed by atoms with Gasteiger partial charge in [0.2, 0.25) is 70.9 Å². The van der Waals surface area contributed by atoms with Crippen molar-refractivity contribution in [3.63, 3.8) is 0 Å². The van der Waals surface area contributed by atoms with Crippen LogP contribution in [0.25, 0.3) is 0 Å². The maximum atomic E-state index is 14.7. The highest BCUT2D eigenvalue weighted by molar-refractivity contribution is 6.00. The molecule has 0 aromatic heterocycles. The van der Waals surface area contributed by atoms with Crippen molar-refractivity contribution in [1.82, 2.24) is 57.7 Å². The second-order valence-electron chi connectivity index (χ2n) is 27.2. The van der Waals surface area contributed by atoms with E-state index in [1.54, 1.807) is 48.5 Å². The van der Waals surface area contributed by atoms with Crippen molar-refractivity contribution in [1.29, 1.82) is 0 Å². The first-order chi connectivity index (χ1) is 45.5. The van der Waals surface area contributed by atoms with Gasteiger partial charge >= 0.3 is 5.97 Å². The molecule has 12 amide bonds. The monoisotopic (exact) mass is 1400 g/mol. The Morgan fingerprint density at radius 3 is 1.54 bits per heavy atom. The molecular weight excluding hydrogens is 1290 g/mol. The fourth-order valence-electron chi connectivity index (χ4n) is 10.9. The molecule has 0 aliphatic carbocycles. The second kappa shape index (κ2) is 42.7. The molecule has 21 N–H and O–H groups in total. The van der Waals surface area contributed by atoms with Crippen LogP contribution in [0.3, 0.4) is 0 Å². The normalized spacial score (nSPS) is 19.2. The van der Waals surface area contributed by atoms with Crippen molar-refractivity contribution < 1.29 is 103 Å². The van der Waals surface area contributed by atoms with E-state index >= 15 is 0 Å². The number of carboxylic acids is 1. The lowest BCUT2D eigenvalue weighted by Gasteiger charge is -2.36. The highest BCUT2D eigenvalue weighted by atomic mass is 16.4. The Morgan fingerprint density at radius 2 is 1.06 bits per heavy atom. The van der Waals surface area contributed by atoms with E-state index in [-0.39, 0.29) is 25.2 Å². The summed E-state index contributed by atoms with van der Waals surface area (Å²) in [5.74, 6) is -17.2. The highest BCUT2D eigenvalue weighted by Gasteiger charge is 2.46. The van der Waals surface area contributed by atoms with Crippen LogP contribution >= 0.6 is 0 Å². The van der Waals surface area contributed by atoms with Crippen molar-refractivity contribution in [3.05, 3.63) is 0 Å². The van der Waals surface area contributed by atoms with Crippen molar-refractivity contribution >= 4 is 76.9 Å². The van der Waals surface area contributed by atoms with Crippen LogP contribution in [0.15, 0.2) is 0 Å². The average molecular weight is 1400 g/mol. The molecule has 0 aromatic rings. The number of aliphatic hydroxyl groups is 7. The largest absolute Gasteiger partial charge is 0.480 e. The first-order valence-electron chi connectivity index (χ1n) is 33.7. The number of nitrogens with one attached hydrogen (secondary N) is 9. The van der Waals surface area contributed by atoms with E-state index in [0.29, 0.717) is 6.42 Å². The van der Waals surface area contributed by atoms with E-state index in [0.717, 1.165) is 56.4 Å². The molecule has 0 saturated carbocycles. The van der Waals surface area contributed by atoms with Gasteiger partial charge in [0.15, 0.2) is 6.04 Å². The third-order valence-corrected chi connectivity index (χ3v) is 17.1. The number of amides is 12. The molecule has 1 aliphatic rings. The maximum absolute atomic E-state index is 14.7. The number of nitrogens with zero attached hydrogens (tertiary/aromatic N) is 2. The fraction of sp³-hybridized carbons (Fsp3) is 0.797. The molecule has 98 heavy (non-hydrogen) atoms. The van der Waals surface area contributed by atoms with Crippen LogP contribution in [0.1, 0.15) is 168 Å². The van der Waals surface area contributed by atoms with Gasteiger partial charge in [-0.2, -0.15) is 0 Å². The van der Waals surface area contributed by atoms with Crippen molar-refractivity contribution in [2.24, 2.45) is 41.1 Å². The number of likely N-dealkylation sites (N-methyl/N-ethyl adjacent to an activating group) is 1. The topological polar surface area (TPSA) is 551 Å². The van der Waals surface area contributed by atoms with Crippen LogP contribution in [0.2, 0.25) is 0 Å². The Kier molecular flexibility index (Phi) is 38.7. The summed E-state index contributed by atoms with van der Waals surface area (Å²) >= 11 is 0. The molecule has 0 radical (unpaired) electrons. The van der Waals surface area contributed by atoms with Crippen LogP contribution in [0.5, 0.6) is 0 Å². The summed E-state index contributed by atoms with van der Waals surface area (Å²) in [6, 6.07) is -19.2. The lowest BCUT2D eigenvalue weighted by Crippen LogP contribution is -2.65. The highest BCUT2D eigenvalue weighted by Crippen LogP contribution is 2.23. The van der Waals surface area contributed by atoms with Crippen molar-refractivity contribution in [2.75, 3.05) is 20.2 Å². The van der Waals surface area contributed by atoms with E-state index in [4.69, 9.17) is 11.5 Å². The number of hydrogen-bond acceptors (Lipinski definition) is 21. The predicted octanol–water partition coefficient (Wildman–Crippen LogP) is -4.91. The minimum atomic E-state index is -2.19. The lowest BCUT2D eigenvalue weighted by atomic mass is 9.94. The Bertz CT molecular complexity index is 2670. The molecule has 0 bridgehead atoms. The number of unbranched alkanes of at least 4 members (excludes halogenated alkanes) is 3. The third kappa shape index (κ3) is 28.2. The molecule has 19 atom stereocenters. The Labute approximate surface area is 573 Å². The molecule has 34 heteroatoms. The summed E-state index contributed by atoms with van der Waals surface area (Å²) in [6.45, 7) is 19.5. The van der Waals surface area contributed by atoms with Crippen LogP contribution in [-0.4, -0.2) is 257 Å². The number of likely N-dealkylation sites (tertiary alicyclic amines) is 1. The fourth-order valence-corrected chi connectivity index (χ4v) is 10.9. The zero-order chi connectivity index (χ0) is 75.5. The van der Waals surface area contributed by atoms with Crippen molar-refractivity contribution in [3.8, 4) is 0 Å². The summed E-state index contributed by atoms with van der Waals surface area (Å²) in [7, 11) is 1.11. The van der Waals surface area contributed by atoms with Gasteiger partial charge in [0.25, 0.3) is 0 Å². The van der Waals surface area contributed by atoms with Crippen LogP contribution in [0, 0.1) is 29.6 Å². The number of rotatable bonds is 44. The molecule has 1 rings (SSSR count). The zero-order valence-corrected chi connectivity index (χ0v) is 59.4. The smallest absolute Gasteiger partial charge is 0.328 e. The first-order valence-corrected chi connectivity index (χ1v) is 33.7. The van der Waals surface area contributed by atoms with E-state index < -0.39 is 242 Å². The predicted molar refractivity (Wildman–Crippen MR) is 355 cm³/mol. The van der Waals surface area contributed by atoms with Gasteiger partial charge in [0.1, 0.15) is 66.5 Å². The van der Waals surface area contributed by atoms with Gasteiger partial charge < -0.3 is 110 Å². The summed E-state index contributed by atoms with van der Waals surface area (Å²) in [5, 5.41) is 107. The van der Waals surface area contributed by atoms with Gasteiger partial charge in [-0.25, -0.2) is 4.79 Å². The molecule has 34 nitrogen and oxygen atoms in total. The Hall–Kier alpha value is -7.21. The number of aliphatic carboxylic acids is 1. The van der Waals surface area contributed by atoms with Crippen LogP contribution in [0.4, 0.5) is 0 Å². The van der Waals surface area contributed by atoms with E-state index in [1.165, 1.54) is 27.7 Å². The second-order valence-corrected chi connectivity index (χ2v) is 27.2. The van der Waals surface area contributed by atoms with E-state index in [2.05, 4.69) is 54.8 Å². The number of β-amino-alcohol motifs (C(OH)–C–C–N with tert-alkyl or cyclic N) is 1. The molecule has 1 aliphatic heterocycles. The number of aliphatic hydroxyl groups excluding tert-OH is 7. The lowest BCUT2D eigenvalue weighted by molar-refractivity contribution is -0.147. The molecule has 562 valence electrons. The quantitative estimate of drug-likeness (QED) is 0.0254. The number of hydrogen-bond donors (Lipinski definition) is 19. The summed E-state index contributed by atoms with van der Waals surface area (Å²) in [5.41, 5.74) is 11.7. The zero-order valence-electron chi connectivity index (χ0n) is 59.4. The molecule has 0 aromatic carbocycles. The molecular formula is C64H115N13O21. The first kappa shape index (κ1) is 88.8. The Morgan fingerprint density at radius 1 is 0.561 bits per heavy atom. The molecule has 1 heterocycles. The SMILES string of the molecule is CCCCCCC(N)CC(=O)N[C@H](C(=O)N[C@H](C(=O)N[C@@H](C)C(=O)N[C@H](C(=O)N[C@@H](CCC(N)=O)C(=O)N(C)[C@H](C(=O)N[C@H](C(=O)N[C@H](C(=O)N1C[C@H](O)C[C@H]1C(=O)N[C@@H](CC(C)C)C(=O)N[C@H](C(=O)O)[C@@H](C)O)[C@@H](C)O)C(O)CO)[C@@H](C)CC)C(O)C(C)C)C(O)C(C)C)C(C)C. The average Bonchev–Trinajstić information content (AvgIpc) is 1.61. The van der Waals surface area contributed by atoms with Gasteiger partial charge in [-0.1, -0.05) is 108 Å². The standard InChI is InChI=1S/C64H115N13O21/c1-16-18-19-20-21-37(65)25-44(84)70-45(30(5)6)57(90)75-49(52(85)31(7)8)59(92)67-34(12)54(87)74-50(53(86)32(9)10)60(93)68-39(22-23-43(66)83)62(95)76(15)51(33(11)17-2)61(94)73-48(42(82)28-78)58(91)71-46(35(13)79)63(96)77-27-38(81)26-41(77)56(89)69-40(24-29(3)4)55(88)72-47(36(14)80)64(97)98/h29-42,45-53,78-82,85-86H,16-28,65H2,1-15H3,(H2,66,83)(H,67,92)(H,68,93)(H,69,89)(H,70,84)(H,71,91)(H,72,88)(H,73,94)(H,74,87)(H,75,90)(H,97,98)/t33-,34-,35+,36+,37?,38+,39-,40-,41-,42?,45-,46-,47-,48-,49-,50-,51-,52?,53?/m0/s1. The molecule has 0 spiro atoms. The number of carbonyl (C=O) groups is 13. The summed E-state index contributed by atoms with van der Waals surface area (Å²) in [4.78, 5) is 180. The number of carboxylic acid groups (broad SMARTS) is 1. The molecule has 1 saturated heterocycles.